The molecule has 0 saturated heterocycles. The molecule has 0 bridgehead atoms. The molecule has 1 aromatic rings. The molecule has 6 nitrogen and oxygen atoms in total. The van der Waals surface area contributed by atoms with Crippen LogP contribution in [0.5, 0.6) is 0 Å². The second-order valence-electron chi connectivity index (χ2n) is 5.25. The zero-order chi connectivity index (χ0) is 17.7. The Morgan fingerprint density at radius 1 is 1.04 bits per heavy atom. The molecule has 0 radical (unpaired) electrons. The largest absolute Gasteiger partial charge is 0.244 e. The van der Waals surface area contributed by atoms with E-state index in [1.807, 2.05) is 13.8 Å². The van der Waals surface area contributed by atoms with Crippen molar-refractivity contribution in [3.05, 3.63) is 23.2 Å². The van der Waals surface area contributed by atoms with Gasteiger partial charge in [0.25, 0.3) is 0 Å². The lowest BCUT2D eigenvalue weighted by Crippen LogP contribution is -2.33. The summed E-state index contributed by atoms with van der Waals surface area (Å²) in [5.74, 6) is 0. The fourth-order valence-electron chi connectivity index (χ4n) is 2.03. The van der Waals surface area contributed by atoms with Gasteiger partial charge in [-0.25, -0.2) is 22.0 Å². The summed E-state index contributed by atoms with van der Waals surface area (Å²) in [4.78, 5) is -0.311. The second kappa shape index (κ2) is 8.43. The summed E-state index contributed by atoms with van der Waals surface area (Å²) in [6.45, 7) is 4.79. The van der Waals surface area contributed by atoms with Crippen LogP contribution in [0, 0.1) is 0 Å². The van der Waals surface area contributed by atoms with E-state index in [4.69, 9.17) is 16.7 Å². The molecular formula is C14H23ClN2O4S2. The SMILES string of the molecule is CCCCN(CCCC)S(=O)(=O)c1ccc(S(N)(=O)=O)cc1Cl. The molecule has 0 unspecified atom stereocenters. The van der Waals surface area contributed by atoms with Gasteiger partial charge in [0.1, 0.15) is 4.90 Å². The van der Waals surface area contributed by atoms with E-state index < -0.39 is 20.0 Å². The third kappa shape index (κ3) is 5.42. The van der Waals surface area contributed by atoms with Gasteiger partial charge in [0, 0.05) is 13.1 Å². The van der Waals surface area contributed by atoms with Gasteiger partial charge in [-0.2, -0.15) is 4.31 Å². The molecule has 23 heavy (non-hydrogen) atoms. The van der Waals surface area contributed by atoms with Crippen molar-refractivity contribution in [2.24, 2.45) is 5.14 Å². The summed E-state index contributed by atoms with van der Waals surface area (Å²) in [7, 11) is -7.70. The predicted octanol–water partition coefficient (Wildman–Crippen LogP) is 2.58. The number of sulfonamides is 2. The van der Waals surface area contributed by atoms with Crippen molar-refractivity contribution in [2.45, 2.75) is 49.3 Å². The van der Waals surface area contributed by atoms with E-state index in [9.17, 15) is 16.8 Å². The number of hydrogen-bond donors (Lipinski definition) is 1. The number of benzene rings is 1. The van der Waals surface area contributed by atoms with Gasteiger partial charge in [0.2, 0.25) is 20.0 Å². The zero-order valence-corrected chi connectivity index (χ0v) is 15.7. The van der Waals surface area contributed by atoms with Crippen LogP contribution in [0.4, 0.5) is 0 Å². The molecule has 0 heterocycles. The average Bonchev–Trinajstić information content (AvgIpc) is 2.45. The molecule has 2 N–H and O–H groups in total. The quantitative estimate of drug-likeness (QED) is 0.709. The normalized spacial score (nSPS) is 12.7. The van der Waals surface area contributed by atoms with Crippen LogP contribution < -0.4 is 5.14 Å². The number of rotatable bonds is 9. The summed E-state index contributed by atoms with van der Waals surface area (Å²) in [5.41, 5.74) is 0. The first-order valence-corrected chi connectivity index (χ1v) is 10.8. The van der Waals surface area contributed by atoms with Crippen molar-refractivity contribution in [1.82, 2.24) is 4.31 Å². The number of nitrogens with zero attached hydrogens (tertiary/aromatic N) is 1. The molecule has 1 aromatic carbocycles. The molecular weight excluding hydrogens is 360 g/mol. The maximum Gasteiger partial charge on any atom is 0.244 e. The van der Waals surface area contributed by atoms with Gasteiger partial charge in [-0.1, -0.05) is 38.3 Å². The minimum Gasteiger partial charge on any atom is -0.225 e. The van der Waals surface area contributed by atoms with Crippen molar-refractivity contribution in [2.75, 3.05) is 13.1 Å². The lowest BCUT2D eigenvalue weighted by atomic mass is 10.3. The van der Waals surface area contributed by atoms with Gasteiger partial charge in [-0.3, -0.25) is 0 Å². The highest BCUT2D eigenvalue weighted by atomic mass is 35.5. The number of halogens is 1. The van der Waals surface area contributed by atoms with Crippen LogP contribution in [-0.4, -0.2) is 34.2 Å². The number of unbranched alkanes of at least 4 members (excludes halogenated alkanes) is 2. The van der Waals surface area contributed by atoms with Gasteiger partial charge in [-0.05, 0) is 31.0 Å². The van der Waals surface area contributed by atoms with Crippen LogP contribution in [0.15, 0.2) is 28.0 Å². The summed E-state index contributed by atoms with van der Waals surface area (Å²) < 4.78 is 49.6. The Morgan fingerprint density at radius 3 is 1.96 bits per heavy atom. The summed E-state index contributed by atoms with van der Waals surface area (Å²) >= 11 is 6.01. The van der Waals surface area contributed by atoms with Crippen molar-refractivity contribution >= 4 is 31.6 Å². The smallest absolute Gasteiger partial charge is 0.225 e. The Balaban J connectivity index is 3.23. The van der Waals surface area contributed by atoms with E-state index in [2.05, 4.69) is 0 Å². The van der Waals surface area contributed by atoms with E-state index in [1.165, 1.54) is 10.4 Å². The zero-order valence-electron chi connectivity index (χ0n) is 13.3. The Bertz CT molecular complexity index is 725. The Labute approximate surface area is 143 Å². The van der Waals surface area contributed by atoms with Crippen LogP contribution >= 0.6 is 11.6 Å². The Hall–Kier alpha value is -0.670. The summed E-state index contributed by atoms with van der Waals surface area (Å²) in [6.07, 6.45) is 3.23. The third-order valence-electron chi connectivity index (χ3n) is 3.37. The van der Waals surface area contributed by atoms with Gasteiger partial charge in [0.15, 0.2) is 0 Å². The van der Waals surface area contributed by atoms with Gasteiger partial charge >= 0.3 is 0 Å². The molecule has 0 aromatic heterocycles. The van der Waals surface area contributed by atoms with Crippen LogP contribution in [0.25, 0.3) is 0 Å². The molecule has 1 rings (SSSR count). The number of primary sulfonamides is 1. The first-order chi connectivity index (χ1) is 10.6. The standard InChI is InChI=1S/C14H23ClN2O4S2/c1-3-5-9-17(10-6-4-2)23(20,21)14-8-7-12(11-13(14)15)22(16,18)19/h7-8,11H,3-6,9-10H2,1-2H3,(H2,16,18,19). The molecule has 0 saturated carbocycles. The van der Waals surface area contributed by atoms with Crippen molar-refractivity contribution in [3.63, 3.8) is 0 Å². The van der Waals surface area contributed by atoms with Crippen LogP contribution in [0.3, 0.4) is 0 Å². The molecule has 0 aliphatic heterocycles. The van der Waals surface area contributed by atoms with E-state index in [0.29, 0.717) is 13.1 Å². The topological polar surface area (TPSA) is 97.5 Å². The van der Waals surface area contributed by atoms with Crippen LogP contribution in [0.2, 0.25) is 5.02 Å². The molecule has 0 atom stereocenters. The molecule has 9 heteroatoms. The molecule has 0 aliphatic rings. The van der Waals surface area contributed by atoms with E-state index in [1.54, 1.807) is 0 Å². The molecule has 132 valence electrons. The maximum absolute atomic E-state index is 12.8. The molecule has 0 aliphatic carbocycles. The van der Waals surface area contributed by atoms with Crippen molar-refractivity contribution in [3.8, 4) is 0 Å². The van der Waals surface area contributed by atoms with E-state index in [0.717, 1.165) is 37.8 Å². The highest BCUT2D eigenvalue weighted by molar-refractivity contribution is 7.89. The van der Waals surface area contributed by atoms with Gasteiger partial charge in [-0.15, -0.1) is 0 Å². The summed E-state index contributed by atoms with van der Waals surface area (Å²) in [6, 6.07) is 3.43. The Morgan fingerprint density at radius 2 is 1.57 bits per heavy atom. The highest BCUT2D eigenvalue weighted by Gasteiger charge is 2.26. The van der Waals surface area contributed by atoms with Crippen molar-refractivity contribution < 1.29 is 16.8 Å². The average molecular weight is 383 g/mol. The monoisotopic (exact) mass is 382 g/mol. The first-order valence-electron chi connectivity index (χ1n) is 7.47. The van der Waals surface area contributed by atoms with E-state index in [-0.39, 0.29) is 14.8 Å². The maximum atomic E-state index is 12.8. The lowest BCUT2D eigenvalue weighted by Gasteiger charge is -2.22. The van der Waals surface area contributed by atoms with Crippen LogP contribution in [0.1, 0.15) is 39.5 Å². The minimum atomic E-state index is -3.93. The number of hydrogen-bond acceptors (Lipinski definition) is 4. The second-order valence-corrected chi connectivity index (χ2v) is 9.12. The van der Waals surface area contributed by atoms with E-state index >= 15 is 0 Å². The predicted molar refractivity (Wildman–Crippen MR) is 91.4 cm³/mol. The summed E-state index contributed by atoms with van der Waals surface area (Å²) in [5, 5.41) is 4.89. The fraction of sp³-hybridized carbons (Fsp3) is 0.571. The van der Waals surface area contributed by atoms with Gasteiger partial charge in [0.05, 0.1) is 9.92 Å². The highest BCUT2D eigenvalue weighted by Crippen LogP contribution is 2.27. The first kappa shape index (κ1) is 20.4. The molecule has 0 fully saturated rings. The van der Waals surface area contributed by atoms with Gasteiger partial charge < -0.3 is 0 Å². The third-order valence-corrected chi connectivity index (χ3v) is 6.66. The Kier molecular flexibility index (Phi) is 7.47. The van der Waals surface area contributed by atoms with Crippen LogP contribution in [-0.2, 0) is 20.0 Å². The molecule has 0 spiro atoms. The molecule has 0 amide bonds. The number of nitrogens with two attached hydrogens (primary N) is 1. The van der Waals surface area contributed by atoms with Crippen molar-refractivity contribution in [1.29, 1.82) is 0 Å². The lowest BCUT2D eigenvalue weighted by molar-refractivity contribution is 0.395. The fourth-order valence-corrected chi connectivity index (χ4v) is 4.67. The minimum absolute atomic E-state index is 0.0984.